The molecule has 2 amide bonds. The lowest BCUT2D eigenvalue weighted by molar-refractivity contribution is -0.119. The third kappa shape index (κ3) is 4.45. The molecule has 0 unspecified atom stereocenters. The average Bonchev–Trinajstić information content (AvgIpc) is 3.59. The van der Waals surface area contributed by atoms with Crippen molar-refractivity contribution in [1.29, 1.82) is 0 Å². The summed E-state index contributed by atoms with van der Waals surface area (Å²) in [5.74, 6) is 2.07. The number of carbonyl (C=O) groups is 2. The maximum absolute atomic E-state index is 13.3. The number of aromatic nitrogens is 3. The number of hydrogen-bond acceptors (Lipinski definition) is 9. The second kappa shape index (κ2) is 8.84. The van der Waals surface area contributed by atoms with Gasteiger partial charge in [-0.25, -0.2) is 9.97 Å². The molecule has 0 aliphatic rings. The molecule has 0 aliphatic heterocycles. The summed E-state index contributed by atoms with van der Waals surface area (Å²) < 4.78 is 16.7. The van der Waals surface area contributed by atoms with Gasteiger partial charge < -0.3 is 18.7 Å². The number of carbonyl (C=O) groups excluding carboxylic acids is 2. The SMILES string of the molecule is CC(=O)NCc1ccc(-c2csc(NC(=O)c3cc(-c4cc(C)oc4C)nc4onc(C)c34)n2)o1. The molecule has 178 valence electrons. The third-order valence-corrected chi connectivity index (χ3v) is 6.09. The third-order valence-electron chi connectivity index (χ3n) is 5.33. The van der Waals surface area contributed by atoms with E-state index >= 15 is 0 Å². The fourth-order valence-electron chi connectivity index (χ4n) is 3.73. The number of rotatable bonds is 6. The molecule has 0 saturated heterocycles. The van der Waals surface area contributed by atoms with Crippen LogP contribution in [0, 0.1) is 20.8 Å². The lowest BCUT2D eigenvalue weighted by Gasteiger charge is -2.06. The van der Waals surface area contributed by atoms with Gasteiger partial charge in [-0.05, 0) is 45.0 Å². The van der Waals surface area contributed by atoms with Crippen molar-refractivity contribution >= 4 is 39.4 Å². The highest BCUT2D eigenvalue weighted by Crippen LogP contribution is 2.32. The molecule has 0 saturated carbocycles. The number of pyridine rings is 1. The second-order valence-corrected chi connectivity index (χ2v) is 8.86. The molecular weight excluding hydrogens is 470 g/mol. The predicted octanol–water partition coefficient (Wildman–Crippen LogP) is 5.01. The van der Waals surface area contributed by atoms with E-state index < -0.39 is 0 Å². The molecule has 0 atom stereocenters. The van der Waals surface area contributed by atoms with Crippen molar-refractivity contribution in [2.75, 3.05) is 5.32 Å². The standard InChI is InChI=1S/C24H21N5O5S/c1-11-7-16(13(3)32-11)18-8-17(21-12(2)29-34-23(21)26-18)22(31)28-24-27-19(10-35-24)20-6-5-15(33-20)9-25-14(4)30/h5-8,10H,9H2,1-4H3,(H,25,30)(H,27,28,31). The average molecular weight is 492 g/mol. The van der Waals surface area contributed by atoms with Gasteiger partial charge in [0.1, 0.15) is 23.0 Å². The van der Waals surface area contributed by atoms with Gasteiger partial charge in [-0.1, -0.05) is 5.16 Å². The number of fused-ring (bicyclic) bond motifs is 1. The van der Waals surface area contributed by atoms with E-state index in [-0.39, 0.29) is 24.1 Å². The van der Waals surface area contributed by atoms with Gasteiger partial charge >= 0.3 is 0 Å². The summed E-state index contributed by atoms with van der Waals surface area (Å²) in [6, 6.07) is 7.11. The summed E-state index contributed by atoms with van der Waals surface area (Å²) in [6.45, 7) is 7.18. The van der Waals surface area contributed by atoms with Gasteiger partial charge in [0.05, 0.1) is 28.9 Å². The lowest BCUT2D eigenvalue weighted by atomic mass is 10.1. The van der Waals surface area contributed by atoms with Crippen LogP contribution in [0.4, 0.5) is 5.13 Å². The van der Waals surface area contributed by atoms with Crippen LogP contribution in [0.5, 0.6) is 0 Å². The maximum atomic E-state index is 13.3. The quantitative estimate of drug-likeness (QED) is 0.338. The van der Waals surface area contributed by atoms with Gasteiger partial charge in [0.2, 0.25) is 5.91 Å². The van der Waals surface area contributed by atoms with Crippen molar-refractivity contribution in [2.45, 2.75) is 34.2 Å². The molecule has 0 radical (unpaired) electrons. The molecule has 5 aromatic rings. The fourth-order valence-corrected chi connectivity index (χ4v) is 4.42. The Kier molecular flexibility index (Phi) is 5.69. The molecule has 0 fully saturated rings. The van der Waals surface area contributed by atoms with Crippen molar-refractivity contribution in [2.24, 2.45) is 0 Å². The molecule has 0 aliphatic carbocycles. The fraction of sp³-hybridized carbons (Fsp3) is 0.208. The van der Waals surface area contributed by atoms with E-state index in [2.05, 4.69) is 25.8 Å². The normalized spacial score (nSPS) is 11.2. The van der Waals surface area contributed by atoms with Crippen LogP contribution in [0.1, 0.15) is 40.3 Å². The highest BCUT2D eigenvalue weighted by molar-refractivity contribution is 7.14. The van der Waals surface area contributed by atoms with E-state index in [1.54, 1.807) is 30.5 Å². The van der Waals surface area contributed by atoms with E-state index in [9.17, 15) is 9.59 Å². The Labute approximate surface area is 203 Å². The Morgan fingerprint density at radius 2 is 1.89 bits per heavy atom. The molecule has 0 spiro atoms. The van der Waals surface area contributed by atoms with Crippen LogP contribution in [0.25, 0.3) is 33.8 Å². The van der Waals surface area contributed by atoms with Crippen molar-refractivity contribution in [1.82, 2.24) is 20.4 Å². The smallest absolute Gasteiger partial charge is 0.259 e. The van der Waals surface area contributed by atoms with Crippen molar-refractivity contribution in [3.05, 3.63) is 58.2 Å². The number of furan rings is 2. The summed E-state index contributed by atoms with van der Waals surface area (Å²) >= 11 is 1.27. The Morgan fingerprint density at radius 3 is 2.63 bits per heavy atom. The molecule has 35 heavy (non-hydrogen) atoms. The van der Waals surface area contributed by atoms with Gasteiger partial charge in [-0.15, -0.1) is 11.3 Å². The molecule has 5 aromatic heterocycles. The number of aryl methyl sites for hydroxylation is 3. The minimum absolute atomic E-state index is 0.142. The Balaban J connectivity index is 1.42. The van der Waals surface area contributed by atoms with Crippen molar-refractivity contribution in [3.8, 4) is 22.7 Å². The van der Waals surface area contributed by atoms with Crippen LogP contribution in [0.3, 0.4) is 0 Å². The zero-order valence-corrected chi connectivity index (χ0v) is 20.2. The van der Waals surface area contributed by atoms with Crippen LogP contribution < -0.4 is 10.6 Å². The Bertz CT molecular complexity index is 1570. The topological polar surface area (TPSA) is 136 Å². The molecule has 11 heteroatoms. The summed E-state index contributed by atoms with van der Waals surface area (Å²) in [5.41, 5.74) is 3.10. The van der Waals surface area contributed by atoms with Gasteiger partial charge in [0.15, 0.2) is 10.9 Å². The summed E-state index contributed by atoms with van der Waals surface area (Å²) in [5, 5.41) is 12.2. The van der Waals surface area contributed by atoms with Crippen LogP contribution in [-0.2, 0) is 11.3 Å². The first-order valence-corrected chi connectivity index (χ1v) is 11.6. The highest BCUT2D eigenvalue weighted by Gasteiger charge is 2.22. The lowest BCUT2D eigenvalue weighted by Crippen LogP contribution is -2.18. The minimum atomic E-state index is -0.366. The molecule has 0 bridgehead atoms. The number of nitrogens with zero attached hydrogens (tertiary/aromatic N) is 3. The van der Waals surface area contributed by atoms with Crippen LogP contribution in [0.15, 0.2) is 43.0 Å². The summed E-state index contributed by atoms with van der Waals surface area (Å²) in [6.07, 6.45) is 0. The second-order valence-electron chi connectivity index (χ2n) is 8.00. The largest absolute Gasteiger partial charge is 0.466 e. The number of nitrogens with one attached hydrogen (secondary N) is 2. The maximum Gasteiger partial charge on any atom is 0.259 e. The highest BCUT2D eigenvalue weighted by atomic mass is 32.1. The van der Waals surface area contributed by atoms with Gasteiger partial charge in [0, 0.05) is 17.9 Å². The molecule has 10 nitrogen and oxygen atoms in total. The Morgan fingerprint density at radius 1 is 1.06 bits per heavy atom. The van der Waals surface area contributed by atoms with E-state index in [0.717, 1.165) is 11.3 Å². The summed E-state index contributed by atoms with van der Waals surface area (Å²) in [4.78, 5) is 33.4. The van der Waals surface area contributed by atoms with Crippen LogP contribution in [-0.4, -0.2) is 26.9 Å². The predicted molar refractivity (Wildman–Crippen MR) is 129 cm³/mol. The zero-order chi connectivity index (χ0) is 24.7. The number of hydrogen-bond donors (Lipinski definition) is 2. The first-order chi connectivity index (χ1) is 16.8. The molecular formula is C24H21N5O5S. The van der Waals surface area contributed by atoms with Crippen LogP contribution >= 0.6 is 11.3 Å². The Hall–Kier alpha value is -4.25. The number of thiazole rings is 1. The van der Waals surface area contributed by atoms with E-state index in [1.165, 1.54) is 18.3 Å². The monoisotopic (exact) mass is 491 g/mol. The molecule has 5 heterocycles. The number of amides is 2. The van der Waals surface area contributed by atoms with E-state index in [0.29, 0.717) is 50.4 Å². The summed E-state index contributed by atoms with van der Waals surface area (Å²) in [7, 11) is 0. The minimum Gasteiger partial charge on any atom is -0.466 e. The van der Waals surface area contributed by atoms with Gasteiger partial charge in [-0.3, -0.25) is 14.9 Å². The van der Waals surface area contributed by atoms with E-state index in [4.69, 9.17) is 13.4 Å². The van der Waals surface area contributed by atoms with Gasteiger partial charge in [0.25, 0.3) is 11.6 Å². The van der Waals surface area contributed by atoms with Gasteiger partial charge in [-0.2, -0.15) is 0 Å². The molecule has 0 aromatic carbocycles. The zero-order valence-electron chi connectivity index (χ0n) is 19.4. The first kappa shape index (κ1) is 22.5. The van der Waals surface area contributed by atoms with Crippen LogP contribution in [0.2, 0.25) is 0 Å². The van der Waals surface area contributed by atoms with E-state index in [1.807, 2.05) is 19.9 Å². The molecule has 2 N–H and O–H groups in total. The van der Waals surface area contributed by atoms with Crippen molar-refractivity contribution in [3.63, 3.8) is 0 Å². The number of anilines is 1. The molecule has 5 rings (SSSR count). The van der Waals surface area contributed by atoms with Crippen molar-refractivity contribution < 1.29 is 22.9 Å². The first-order valence-electron chi connectivity index (χ1n) is 10.7.